The summed E-state index contributed by atoms with van der Waals surface area (Å²) in [6.45, 7) is 3.14. The van der Waals surface area contributed by atoms with Crippen molar-refractivity contribution in [2.24, 2.45) is 17.8 Å². The summed E-state index contributed by atoms with van der Waals surface area (Å²) in [5.41, 5.74) is 1.06. The predicted molar refractivity (Wildman–Crippen MR) is 81.5 cm³/mol. The maximum absolute atomic E-state index is 13.6. The third-order valence-electron chi connectivity index (χ3n) is 5.22. The Morgan fingerprint density at radius 3 is 2.80 bits per heavy atom. The molecule has 3 rings (SSSR count). The van der Waals surface area contributed by atoms with Crippen LogP contribution >= 0.6 is 11.6 Å². The molecule has 1 N–H and O–H groups in total. The molecule has 0 amide bonds. The van der Waals surface area contributed by atoms with E-state index in [9.17, 15) is 4.39 Å². The zero-order valence-corrected chi connectivity index (χ0v) is 12.8. The van der Waals surface area contributed by atoms with Crippen LogP contribution in [0.5, 0.6) is 0 Å². The summed E-state index contributed by atoms with van der Waals surface area (Å²) in [5, 5.41) is 3.85. The van der Waals surface area contributed by atoms with Gasteiger partial charge in [0, 0.05) is 6.04 Å². The first-order valence-corrected chi connectivity index (χ1v) is 8.22. The van der Waals surface area contributed by atoms with Gasteiger partial charge in [-0.15, -0.1) is 0 Å². The number of hydrogen-bond acceptors (Lipinski definition) is 1. The van der Waals surface area contributed by atoms with Crippen LogP contribution in [0.4, 0.5) is 4.39 Å². The number of hydrogen-bond donors (Lipinski definition) is 1. The van der Waals surface area contributed by atoms with Crippen LogP contribution in [0.15, 0.2) is 18.2 Å². The molecule has 0 aliphatic heterocycles. The summed E-state index contributed by atoms with van der Waals surface area (Å²) in [7, 11) is 0. The Balaban J connectivity index is 1.72. The zero-order chi connectivity index (χ0) is 14.1. The SMILES string of the molecule is CCNC(Cc1ccc(Cl)c(F)c1)C1CC2CCC1C2. The van der Waals surface area contributed by atoms with Crippen molar-refractivity contribution in [2.45, 2.75) is 45.1 Å². The van der Waals surface area contributed by atoms with Crippen molar-refractivity contribution in [1.82, 2.24) is 5.32 Å². The summed E-state index contributed by atoms with van der Waals surface area (Å²) < 4.78 is 13.6. The molecule has 0 saturated heterocycles. The normalized spacial score (nSPS) is 29.9. The van der Waals surface area contributed by atoms with Gasteiger partial charge in [0.1, 0.15) is 5.82 Å². The lowest BCUT2D eigenvalue weighted by Crippen LogP contribution is -2.40. The third kappa shape index (κ3) is 2.87. The Morgan fingerprint density at radius 2 is 2.20 bits per heavy atom. The fourth-order valence-corrected chi connectivity index (χ4v) is 4.46. The molecule has 2 fully saturated rings. The molecule has 1 aromatic carbocycles. The molecule has 20 heavy (non-hydrogen) atoms. The minimum atomic E-state index is -0.299. The number of likely N-dealkylation sites (N-methyl/N-ethyl adjacent to an activating group) is 1. The van der Waals surface area contributed by atoms with Crippen LogP contribution in [-0.4, -0.2) is 12.6 Å². The molecular formula is C17H23ClFN. The van der Waals surface area contributed by atoms with Gasteiger partial charge in [0.15, 0.2) is 0 Å². The molecule has 0 radical (unpaired) electrons. The van der Waals surface area contributed by atoms with Gasteiger partial charge in [-0.1, -0.05) is 31.0 Å². The second-order valence-corrected chi connectivity index (χ2v) is 6.86. The molecule has 2 bridgehead atoms. The van der Waals surface area contributed by atoms with Gasteiger partial charge in [-0.2, -0.15) is 0 Å². The molecule has 4 unspecified atom stereocenters. The molecule has 0 spiro atoms. The van der Waals surface area contributed by atoms with Crippen molar-refractivity contribution in [3.05, 3.63) is 34.6 Å². The maximum Gasteiger partial charge on any atom is 0.142 e. The smallest absolute Gasteiger partial charge is 0.142 e. The van der Waals surface area contributed by atoms with E-state index in [4.69, 9.17) is 11.6 Å². The molecule has 2 aliphatic rings. The average molecular weight is 296 g/mol. The Bertz CT molecular complexity index is 476. The Morgan fingerprint density at radius 1 is 1.35 bits per heavy atom. The largest absolute Gasteiger partial charge is 0.314 e. The van der Waals surface area contributed by atoms with E-state index in [0.717, 1.165) is 36.3 Å². The number of rotatable bonds is 5. The van der Waals surface area contributed by atoms with Crippen LogP contribution in [0.1, 0.15) is 38.2 Å². The molecule has 3 heteroatoms. The number of nitrogens with one attached hydrogen (secondary N) is 1. The van der Waals surface area contributed by atoms with Gasteiger partial charge < -0.3 is 5.32 Å². The van der Waals surface area contributed by atoms with Gasteiger partial charge in [-0.25, -0.2) is 4.39 Å². The van der Waals surface area contributed by atoms with Crippen molar-refractivity contribution < 1.29 is 4.39 Å². The fraction of sp³-hybridized carbons (Fsp3) is 0.647. The Labute approximate surface area is 125 Å². The van der Waals surface area contributed by atoms with E-state index in [1.54, 1.807) is 12.1 Å². The molecule has 2 saturated carbocycles. The van der Waals surface area contributed by atoms with Gasteiger partial charge >= 0.3 is 0 Å². The van der Waals surface area contributed by atoms with E-state index in [0.29, 0.717) is 6.04 Å². The minimum absolute atomic E-state index is 0.216. The van der Waals surface area contributed by atoms with Crippen molar-refractivity contribution in [2.75, 3.05) is 6.54 Å². The molecule has 110 valence electrons. The van der Waals surface area contributed by atoms with Crippen LogP contribution in [0.3, 0.4) is 0 Å². The third-order valence-corrected chi connectivity index (χ3v) is 5.52. The van der Waals surface area contributed by atoms with Gasteiger partial charge in [-0.05, 0) is 67.7 Å². The lowest BCUT2D eigenvalue weighted by molar-refractivity contribution is 0.249. The van der Waals surface area contributed by atoms with Gasteiger partial charge in [0.25, 0.3) is 0 Å². The van der Waals surface area contributed by atoms with Gasteiger partial charge in [-0.3, -0.25) is 0 Å². The molecular weight excluding hydrogens is 273 g/mol. The van der Waals surface area contributed by atoms with Crippen molar-refractivity contribution >= 4 is 11.6 Å². The summed E-state index contributed by atoms with van der Waals surface area (Å²) in [6.07, 6.45) is 6.51. The second kappa shape index (κ2) is 6.03. The van der Waals surface area contributed by atoms with Crippen LogP contribution in [0, 0.1) is 23.6 Å². The summed E-state index contributed by atoms with van der Waals surface area (Å²) in [5.74, 6) is 2.31. The summed E-state index contributed by atoms with van der Waals surface area (Å²) in [6, 6.07) is 5.72. The molecule has 4 atom stereocenters. The highest BCUT2D eigenvalue weighted by molar-refractivity contribution is 6.30. The quantitative estimate of drug-likeness (QED) is 0.847. The highest BCUT2D eigenvalue weighted by Crippen LogP contribution is 2.49. The van der Waals surface area contributed by atoms with Gasteiger partial charge in [0.2, 0.25) is 0 Å². The van der Waals surface area contributed by atoms with E-state index in [-0.39, 0.29) is 10.8 Å². The molecule has 0 heterocycles. The van der Waals surface area contributed by atoms with E-state index in [1.807, 2.05) is 6.07 Å². The van der Waals surface area contributed by atoms with Crippen LogP contribution in [-0.2, 0) is 6.42 Å². The zero-order valence-electron chi connectivity index (χ0n) is 12.0. The molecule has 0 aromatic heterocycles. The van der Waals surface area contributed by atoms with Crippen molar-refractivity contribution in [1.29, 1.82) is 0 Å². The fourth-order valence-electron chi connectivity index (χ4n) is 4.34. The van der Waals surface area contributed by atoms with E-state index in [1.165, 1.54) is 25.7 Å². The van der Waals surface area contributed by atoms with Crippen molar-refractivity contribution in [3.8, 4) is 0 Å². The van der Waals surface area contributed by atoms with Crippen LogP contribution in [0.25, 0.3) is 0 Å². The maximum atomic E-state index is 13.6. The standard InChI is InChI=1S/C17H23ClFN/c1-2-20-17(14-8-11-3-5-13(14)7-11)10-12-4-6-15(18)16(19)9-12/h4,6,9,11,13-14,17,20H,2-3,5,7-8,10H2,1H3. The number of fused-ring (bicyclic) bond motifs is 2. The summed E-state index contributed by atoms with van der Waals surface area (Å²) >= 11 is 5.77. The average Bonchev–Trinajstić information content (AvgIpc) is 3.05. The van der Waals surface area contributed by atoms with E-state index in [2.05, 4.69) is 12.2 Å². The molecule has 1 aromatic rings. The first-order chi connectivity index (χ1) is 9.67. The van der Waals surface area contributed by atoms with Gasteiger partial charge in [0.05, 0.1) is 5.02 Å². The molecule has 1 nitrogen and oxygen atoms in total. The highest BCUT2D eigenvalue weighted by Gasteiger charge is 2.42. The molecule has 2 aliphatic carbocycles. The lowest BCUT2D eigenvalue weighted by Gasteiger charge is -2.31. The first kappa shape index (κ1) is 14.3. The second-order valence-electron chi connectivity index (χ2n) is 6.46. The minimum Gasteiger partial charge on any atom is -0.314 e. The van der Waals surface area contributed by atoms with Crippen molar-refractivity contribution in [3.63, 3.8) is 0 Å². The monoisotopic (exact) mass is 295 g/mol. The Kier molecular flexibility index (Phi) is 4.32. The highest BCUT2D eigenvalue weighted by atomic mass is 35.5. The topological polar surface area (TPSA) is 12.0 Å². The lowest BCUT2D eigenvalue weighted by atomic mass is 9.81. The number of benzene rings is 1. The van der Waals surface area contributed by atoms with Crippen LogP contribution in [0.2, 0.25) is 5.02 Å². The van der Waals surface area contributed by atoms with E-state index >= 15 is 0 Å². The number of halogens is 2. The first-order valence-electron chi connectivity index (χ1n) is 7.84. The summed E-state index contributed by atoms with van der Waals surface area (Å²) in [4.78, 5) is 0. The van der Waals surface area contributed by atoms with E-state index < -0.39 is 0 Å². The van der Waals surface area contributed by atoms with Crippen LogP contribution < -0.4 is 5.32 Å². The predicted octanol–water partition coefficient (Wildman–Crippen LogP) is 4.44. The Hall–Kier alpha value is -0.600.